The van der Waals surface area contributed by atoms with Gasteiger partial charge in [0.05, 0.1) is 6.42 Å². The molecule has 2 N–H and O–H groups in total. The second kappa shape index (κ2) is 8.99. The summed E-state index contributed by atoms with van der Waals surface area (Å²) in [7, 11) is 0. The van der Waals surface area contributed by atoms with Gasteiger partial charge in [-0.15, -0.1) is 0 Å². The van der Waals surface area contributed by atoms with Crippen LogP contribution in [0.15, 0.2) is 24.3 Å². The zero-order chi connectivity index (χ0) is 14.1. The smallest absolute Gasteiger partial charge is 0.307 e. The molecule has 4 heteroatoms. The van der Waals surface area contributed by atoms with Crippen molar-refractivity contribution in [2.24, 2.45) is 0 Å². The molecule has 1 unspecified atom stereocenters. The van der Waals surface area contributed by atoms with E-state index in [9.17, 15) is 4.79 Å². The molecule has 0 aliphatic carbocycles. The van der Waals surface area contributed by atoms with Gasteiger partial charge in [-0.25, -0.2) is 0 Å². The van der Waals surface area contributed by atoms with E-state index in [0.29, 0.717) is 6.04 Å². The van der Waals surface area contributed by atoms with E-state index in [-0.39, 0.29) is 6.42 Å². The molecule has 3 nitrogen and oxygen atoms in total. The first kappa shape index (κ1) is 16.1. The van der Waals surface area contributed by atoms with Gasteiger partial charge in [-0.1, -0.05) is 31.2 Å². The highest BCUT2D eigenvalue weighted by atomic mass is 32.2. The molecule has 1 atom stereocenters. The van der Waals surface area contributed by atoms with Crippen molar-refractivity contribution < 1.29 is 9.90 Å². The minimum Gasteiger partial charge on any atom is -0.481 e. The molecule has 0 aliphatic rings. The second-order valence-electron chi connectivity index (χ2n) is 4.65. The molecule has 0 saturated heterocycles. The number of aliphatic carboxylic acids is 1. The number of hydrogen-bond acceptors (Lipinski definition) is 3. The van der Waals surface area contributed by atoms with E-state index in [0.717, 1.165) is 12.1 Å². The number of rotatable bonds is 9. The summed E-state index contributed by atoms with van der Waals surface area (Å²) in [5.74, 6) is 1.59. The Balaban J connectivity index is 2.31. The van der Waals surface area contributed by atoms with Crippen LogP contribution in [0, 0.1) is 0 Å². The zero-order valence-corrected chi connectivity index (χ0v) is 12.5. The lowest BCUT2D eigenvalue weighted by molar-refractivity contribution is -0.136. The Morgan fingerprint density at radius 3 is 2.53 bits per heavy atom. The summed E-state index contributed by atoms with van der Waals surface area (Å²) >= 11 is 1.97. The van der Waals surface area contributed by atoms with Crippen LogP contribution in [-0.4, -0.2) is 28.6 Å². The first-order chi connectivity index (χ1) is 9.11. The van der Waals surface area contributed by atoms with Crippen molar-refractivity contribution in [1.82, 2.24) is 5.32 Å². The maximum atomic E-state index is 10.6. The maximum absolute atomic E-state index is 10.6. The summed E-state index contributed by atoms with van der Waals surface area (Å²) in [6, 6.07) is 8.29. The molecule has 0 aliphatic heterocycles. The number of carbonyl (C=O) groups is 1. The van der Waals surface area contributed by atoms with Crippen molar-refractivity contribution in [1.29, 1.82) is 0 Å². The third-order valence-electron chi connectivity index (χ3n) is 2.93. The van der Waals surface area contributed by atoms with Gasteiger partial charge >= 0.3 is 5.97 Å². The Kier molecular flexibility index (Phi) is 7.60. The molecule has 1 rings (SSSR count). The molecule has 19 heavy (non-hydrogen) atoms. The fraction of sp³-hybridized carbons (Fsp3) is 0.533. The molecule has 0 bridgehead atoms. The van der Waals surface area contributed by atoms with Crippen molar-refractivity contribution in [3.05, 3.63) is 35.4 Å². The molecule has 106 valence electrons. The molecule has 0 spiro atoms. The number of benzene rings is 1. The minimum atomic E-state index is -0.784. The zero-order valence-electron chi connectivity index (χ0n) is 11.7. The van der Waals surface area contributed by atoms with E-state index >= 15 is 0 Å². The van der Waals surface area contributed by atoms with Gasteiger partial charge in [0, 0.05) is 12.6 Å². The van der Waals surface area contributed by atoms with Crippen LogP contribution in [0.2, 0.25) is 0 Å². The Labute approximate surface area is 119 Å². The molecular weight excluding hydrogens is 258 g/mol. The van der Waals surface area contributed by atoms with Crippen LogP contribution >= 0.6 is 11.8 Å². The highest BCUT2D eigenvalue weighted by Crippen LogP contribution is 2.07. The van der Waals surface area contributed by atoms with Crippen LogP contribution in [-0.2, 0) is 17.8 Å². The van der Waals surface area contributed by atoms with Gasteiger partial charge in [-0.3, -0.25) is 4.79 Å². The fourth-order valence-corrected chi connectivity index (χ4v) is 2.56. The lowest BCUT2D eigenvalue weighted by Crippen LogP contribution is -2.26. The molecule has 0 amide bonds. The van der Waals surface area contributed by atoms with Gasteiger partial charge in [-0.05, 0) is 36.0 Å². The molecule has 1 aromatic rings. The fourth-order valence-electron chi connectivity index (χ4n) is 1.75. The predicted octanol–water partition coefficient (Wildman–Crippen LogP) is 2.94. The molecule has 0 aromatic heterocycles. The second-order valence-corrected chi connectivity index (χ2v) is 6.05. The van der Waals surface area contributed by atoms with Crippen molar-refractivity contribution in [3.63, 3.8) is 0 Å². The van der Waals surface area contributed by atoms with Gasteiger partial charge in [-0.2, -0.15) is 11.8 Å². The van der Waals surface area contributed by atoms with Crippen molar-refractivity contribution in [3.8, 4) is 0 Å². The van der Waals surface area contributed by atoms with E-state index < -0.39 is 5.97 Å². The summed E-state index contributed by atoms with van der Waals surface area (Å²) in [5.41, 5.74) is 2.05. The van der Waals surface area contributed by atoms with Gasteiger partial charge in [0.2, 0.25) is 0 Å². The average Bonchev–Trinajstić information content (AvgIpc) is 2.37. The van der Waals surface area contributed by atoms with Crippen LogP contribution in [0.4, 0.5) is 0 Å². The number of hydrogen-bond donors (Lipinski definition) is 2. The number of thioether (sulfide) groups is 1. The molecule has 1 aromatic carbocycles. The summed E-state index contributed by atoms with van der Waals surface area (Å²) in [4.78, 5) is 10.6. The third kappa shape index (κ3) is 7.23. The number of carboxylic acid groups (broad SMARTS) is 1. The van der Waals surface area contributed by atoms with Crippen LogP contribution < -0.4 is 5.32 Å². The summed E-state index contributed by atoms with van der Waals surface area (Å²) in [6.07, 6.45) is 1.27. The largest absolute Gasteiger partial charge is 0.481 e. The topological polar surface area (TPSA) is 49.3 Å². The van der Waals surface area contributed by atoms with Gasteiger partial charge in [0.25, 0.3) is 0 Å². The third-order valence-corrected chi connectivity index (χ3v) is 3.86. The SMILES string of the molecule is CCSCCC(C)NCc1ccc(CC(=O)O)cc1. The molecule has 0 heterocycles. The van der Waals surface area contributed by atoms with Crippen LogP contribution in [0.25, 0.3) is 0 Å². The van der Waals surface area contributed by atoms with Crippen molar-refractivity contribution in [2.75, 3.05) is 11.5 Å². The average molecular weight is 281 g/mol. The van der Waals surface area contributed by atoms with Crippen molar-refractivity contribution in [2.45, 2.75) is 39.3 Å². The minimum absolute atomic E-state index is 0.0956. The van der Waals surface area contributed by atoms with E-state index in [4.69, 9.17) is 5.11 Å². The first-order valence-electron chi connectivity index (χ1n) is 6.72. The Bertz CT molecular complexity index is 378. The number of carboxylic acids is 1. The van der Waals surface area contributed by atoms with Gasteiger partial charge in [0.15, 0.2) is 0 Å². The molecular formula is C15H23NO2S. The molecule has 0 fully saturated rings. The predicted molar refractivity (Wildman–Crippen MR) is 81.7 cm³/mol. The monoisotopic (exact) mass is 281 g/mol. The van der Waals surface area contributed by atoms with E-state index in [1.165, 1.54) is 23.5 Å². The Morgan fingerprint density at radius 1 is 1.32 bits per heavy atom. The van der Waals surface area contributed by atoms with Gasteiger partial charge in [0.1, 0.15) is 0 Å². The molecule has 0 saturated carbocycles. The van der Waals surface area contributed by atoms with Gasteiger partial charge < -0.3 is 10.4 Å². The van der Waals surface area contributed by atoms with Crippen LogP contribution in [0.1, 0.15) is 31.4 Å². The number of nitrogens with one attached hydrogen (secondary N) is 1. The van der Waals surface area contributed by atoms with Crippen LogP contribution in [0.3, 0.4) is 0 Å². The summed E-state index contributed by atoms with van der Waals surface area (Å²) < 4.78 is 0. The van der Waals surface area contributed by atoms with E-state index in [1.807, 2.05) is 36.0 Å². The Morgan fingerprint density at radius 2 is 1.95 bits per heavy atom. The standard InChI is InChI=1S/C15H23NO2S/c1-3-19-9-8-12(2)16-11-14-6-4-13(5-7-14)10-15(17)18/h4-7,12,16H,3,8-11H2,1-2H3,(H,17,18). The van der Waals surface area contributed by atoms with E-state index in [2.05, 4.69) is 19.2 Å². The highest BCUT2D eigenvalue weighted by Gasteiger charge is 2.03. The summed E-state index contributed by atoms with van der Waals surface area (Å²) in [5, 5.41) is 12.2. The Hall–Kier alpha value is -1.00. The van der Waals surface area contributed by atoms with Crippen molar-refractivity contribution >= 4 is 17.7 Å². The molecule has 0 radical (unpaired) electrons. The maximum Gasteiger partial charge on any atom is 0.307 e. The lowest BCUT2D eigenvalue weighted by atomic mass is 10.1. The summed E-state index contributed by atoms with van der Waals surface area (Å²) in [6.45, 7) is 5.22. The highest BCUT2D eigenvalue weighted by molar-refractivity contribution is 7.99. The van der Waals surface area contributed by atoms with Crippen LogP contribution in [0.5, 0.6) is 0 Å². The lowest BCUT2D eigenvalue weighted by Gasteiger charge is -2.13. The normalized spacial score (nSPS) is 12.3. The van der Waals surface area contributed by atoms with E-state index in [1.54, 1.807) is 0 Å². The quantitative estimate of drug-likeness (QED) is 0.683. The first-order valence-corrected chi connectivity index (χ1v) is 7.88.